The summed E-state index contributed by atoms with van der Waals surface area (Å²) in [5.41, 5.74) is 1.34. The van der Waals surface area contributed by atoms with Crippen molar-refractivity contribution in [3.05, 3.63) is 11.6 Å². The smallest absolute Gasteiger partial charge is 0.0695 e. The van der Waals surface area contributed by atoms with E-state index >= 15 is 0 Å². The molecule has 0 amide bonds. The second-order valence-electron chi connectivity index (χ2n) is 7.49. The van der Waals surface area contributed by atoms with Gasteiger partial charge in [0.1, 0.15) is 0 Å². The maximum absolute atomic E-state index is 9.29. The minimum atomic E-state index is -0.293. The van der Waals surface area contributed by atoms with Crippen LogP contribution in [0.15, 0.2) is 11.6 Å². The fourth-order valence-corrected chi connectivity index (χ4v) is 2.94. The SMILES string of the molecule is C/C(=C\C(C)O)CCCC(C)CCCCCCCC(C)C. The van der Waals surface area contributed by atoms with Crippen LogP contribution >= 0.6 is 0 Å². The summed E-state index contributed by atoms with van der Waals surface area (Å²) in [7, 11) is 0. The second kappa shape index (κ2) is 13.4. The normalized spacial score (nSPS) is 15.5. The van der Waals surface area contributed by atoms with Crippen molar-refractivity contribution in [1.82, 2.24) is 0 Å². The van der Waals surface area contributed by atoms with E-state index < -0.39 is 0 Å². The van der Waals surface area contributed by atoms with Crippen LogP contribution in [0, 0.1) is 11.8 Å². The molecule has 21 heavy (non-hydrogen) atoms. The van der Waals surface area contributed by atoms with Crippen molar-refractivity contribution < 1.29 is 5.11 Å². The molecule has 0 aromatic rings. The van der Waals surface area contributed by atoms with Gasteiger partial charge in [-0.3, -0.25) is 0 Å². The molecule has 0 rings (SSSR count). The first-order valence-electron chi connectivity index (χ1n) is 9.27. The Kier molecular flexibility index (Phi) is 13.2. The zero-order valence-electron chi connectivity index (χ0n) is 15.3. The monoisotopic (exact) mass is 296 g/mol. The molecule has 0 fully saturated rings. The van der Waals surface area contributed by atoms with Gasteiger partial charge in [-0.05, 0) is 38.5 Å². The molecule has 0 radical (unpaired) electrons. The summed E-state index contributed by atoms with van der Waals surface area (Å²) in [6, 6.07) is 0. The quantitative estimate of drug-likeness (QED) is 0.303. The summed E-state index contributed by atoms with van der Waals surface area (Å²) < 4.78 is 0. The molecule has 2 unspecified atom stereocenters. The minimum Gasteiger partial charge on any atom is -0.389 e. The number of unbranched alkanes of at least 4 members (excludes halogenated alkanes) is 4. The molecular weight excluding hydrogens is 256 g/mol. The van der Waals surface area contributed by atoms with E-state index in [1.54, 1.807) is 0 Å². The fourth-order valence-electron chi connectivity index (χ4n) is 2.94. The molecule has 0 bridgehead atoms. The van der Waals surface area contributed by atoms with Crippen molar-refractivity contribution in [2.75, 3.05) is 0 Å². The van der Waals surface area contributed by atoms with Gasteiger partial charge >= 0.3 is 0 Å². The number of hydrogen-bond donors (Lipinski definition) is 1. The van der Waals surface area contributed by atoms with Gasteiger partial charge in [0.05, 0.1) is 6.10 Å². The van der Waals surface area contributed by atoms with Crippen LogP contribution in [-0.4, -0.2) is 11.2 Å². The fraction of sp³-hybridized carbons (Fsp3) is 0.900. The standard InChI is InChI=1S/C20H40O/c1-17(2)12-9-7-6-8-10-13-18(3)14-11-15-19(4)16-20(5)21/h16-18,20-21H,6-15H2,1-5H3/b19-16+. The molecule has 0 heterocycles. The van der Waals surface area contributed by atoms with E-state index in [-0.39, 0.29) is 6.10 Å². The lowest BCUT2D eigenvalue weighted by Crippen LogP contribution is -1.97. The maximum Gasteiger partial charge on any atom is 0.0695 e. The summed E-state index contributed by atoms with van der Waals surface area (Å²) in [5, 5.41) is 9.29. The van der Waals surface area contributed by atoms with Crippen molar-refractivity contribution in [2.45, 2.75) is 105 Å². The zero-order valence-corrected chi connectivity index (χ0v) is 15.3. The van der Waals surface area contributed by atoms with Gasteiger partial charge in [-0.1, -0.05) is 83.8 Å². The summed E-state index contributed by atoms with van der Waals surface area (Å²) in [6.45, 7) is 11.0. The number of rotatable bonds is 13. The largest absolute Gasteiger partial charge is 0.389 e. The van der Waals surface area contributed by atoms with Gasteiger partial charge < -0.3 is 5.11 Å². The van der Waals surface area contributed by atoms with Gasteiger partial charge in [-0.15, -0.1) is 0 Å². The van der Waals surface area contributed by atoms with Crippen LogP contribution in [0.2, 0.25) is 0 Å². The first-order chi connectivity index (χ1) is 9.91. The summed E-state index contributed by atoms with van der Waals surface area (Å²) in [6.07, 6.45) is 15.3. The Morgan fingerprint density at radius 3 is 1.90 bits per heavy atom. The van der Waals surface area contributed by atoms with E-state index in [1.807, 2.05) is 13.0 Å². The Labute approximate surface area is 134 Å². The van der Waals surface area contributed by atoms with Crippen LogP contribution < -0.4 is 0 Å². The zero-order chi connectivity index (χ0) is 16.1. The molecule has 1 heteroatoms. The molecule has 0 aliphatic carbocycles. The minimum absolute atomic E-state index is 0.293. The van der Waals surface area contributed by atoms with E-state index in [0.717, 1.165) is 18.3 Å². The molecule has 0 saturated carbocycles. The summed E-state index contributed by atoms with van der Waals surface area (Å²) in [5.74, 6) is 1.73. The first-order valence-corrected chi connectivity index (χ1v) is 9.27. The topological polar surface area (TPSA) is 20.2 Å². The lowest BCUT2D eigenvalue weighted by Gasteiger charge is -2.11. The van der Waals surface area contributed by atoms with E-state index in [1.165, 1.54) is 63.4 Å². The van der Waals surface area contributed by atoms with Gasteiger partial charge in [-0.2, -0.15) is 0 Å². The number of allylic oxidation sites excluding steroid dienone is 1. The number of aliphatic hydroxyl groups excluding tert-OH is 1. The third-order valence-corrected chi connectivity index (χ3v) is 4.27. The van der Waals surface area contributed by atoms with Crippen LogP contribution in [0.4, 0.5) is 0 Å². The van der Waals surface area contributed by atoms with E-state index in [0.29, 0.717) is 0 Å². The lowest BCUT2D eigenvalue weighted by atomic mass is 9.95. The number of hydrogen-bond acceptors (Lipinski definition) is 1. The average Bonchev–Trinajstić information content (AvgIpc) is 2.36. The third-order valence-electron chi connectivity index (χ3n) is 4.27. The summed E-state index contributed by atoms with van der Waals surface area (Å²) >= 11 is 0. The van der Waals surface area contributed by atoms with E-state index in [4.69, 9.17) is 0 Å². The molecule has 2 atom stereocenters. The highest BCUT2D eigenvalue weighted by Gasteiger charge is 2.03. The predicted octanol–water partition coefficient (Wildman–Crippen LogP) is 6.51. The Morgan fingerprint density at radius 1 is 0.810 bits per heavy atom. The number of aliphatic hydroxyl groups is 1. The second-order valence-corrected chi connectivity index (χ2v) is 7.49. The van der Waals surface area contributed by atoms with Crippen molar-refractivity contribution in [3.63, 3.8) is 0 Å². The van der Waals surface area contributed by atoms with Crippen molar-refractivity contribution in [3.8, 4) is 0 Å². The molecule has 0 saturated heterocycles. The maximum atomic E-state index is 9.29. The van der Waals surface area contributed by atoms with Gasteiger partial charge in [0.25, 0.3) is 0 Å². The van der Waals surface area contributed by atoms with Gasteiger partial charge in [0.2, 0.25) is 0 Å². The van der Waals surface area contributed by atoms with E-state index in [2.05, 4.69) is 27.7 Å². The molecule has 0 aromatic heterocycles. The third kappa shape index (κ3) is 15.9. The molecule has 1 nitrogen and oxygen atoms in total. The molecule has 0 aliphatic rings. The Bertz CT molecular complexity index is 253. The van der Waals surface area contributed by atoms with Crippen LogP contribution in [0.5, 0.6) is 0 Å². The van der Waals surface area contributed by atoms with Crippen LogP contribution in [0.1, 0.15) is 98.8 Å². The molecule has 0 aliphatic heterocycles. The van der Waals surface area contributed by atoms with Gasteiger partial charge in [0, 0.05) is 0 Å². The van der Waals surface area contributed by atoms with Gasteiger partial charge in [0.15, 0.2) is 0 Å². The highest BCUT2D eigenvalue weighted by atomic mass is 16.3. The molecule has 0 aromatic carbocycles. The van der Waals surface area contributed by atoms with Crippen molar-refractivity contribution >= 4 is 0 Å². The van der Waals surface area contributed by atoms with Crippen LogP contribution in [0.25, 0.3) is 0 Å². The Balaban J connectivity index is 3.40. The Morgan fingerprint density at radius 2 is 1.33 bits per heavy atom. The molecular formula is C20H40O. The predicted molar refractivity (Wildman–Crippen MR) is 95.6 cm³/mol. The first kappa shape index (κ1) is 20.7. The van der Waals surface area contributed by atoms with Crippen LogP contribution in [0.3, 0.4) is 0 Å². The highest BCUT2D eigenvalue weighted by molar-refractivity contribution is 5.00. The Hall–Kier alpha value is -0.300. The van der Waals surface area contributed by atoms with Crippen LogP contribution in [-0.2, 0) is 0 Å². The molecule has 1 N–H and O–H groups in total. The van der Waals surface area contributed by atoms with E-state index in [9.17, 15) is 5.11 Å². The molecule has 126 valence electrons. The molecule has 0 spiro atoms. The van der Waals surface area contributed by atoms with Crippen molar-refractivity contribution in [2.24, 2.45) is 11.8 Å². The highest BCUT2D eigenvalue weighted by Crippen LogP contribution is 2.19. The average molecular weight is 297 g/mol. The lowest BCUT2D eigenvalue weighted by molar-refractivity contribution is 0.243. The van der Waals surface area contributed by atoms with Gasteiger partial charge in [-0.25, -0.2) is 0 Å². The van der Waals surface area contributed by atoms with Crippen molar-refractivity contribution in [1.29, 1.82) is 0 Å². The summed E-state index contributed by atoms with van der Waals surface area (Å²) in [4.78, 5) is 0.